The Labute approximate surface area is 130 Å². The fourth-order valence-corrected chi connectivity index (χ4v) is 3.36. The zero-order valence-corrected chi connectivity index (χ0v) is 13.9. The third kappa shape index (κ3) is 4.21. The van der Waals surface area contributed by atoms with Crippen molar-refractivity contribution >= 4 is 15.9 Å². The van der Waals surface area contributed by atoms with Crippen molar-refractivity contribution in [2.45, 2.75) is 44.8 Å². The van der Waals surface area contributed by atoms with E-state index in [0.29, 0.717) is 12.1 Å². The first-order valence-corrected chi connectivity index (χ1v) is 8.21. The van der Waals surface area contributed by atoms with Gasteiger partial charge in [-0.1, -0.05) is 13.0 Å². The molecule has 20 heavy (non-hydrogen) atoms. The zero-order chi connectivity index (χ0) is 14.4. The Kier molecular flexibility index (Phi) is 6.33. The standard InChI is InChI=1S/C16H24BrNO2/c1-3-18-14(16-6-4-5-9-20-16)11-12-7-8-15(19-2)13(17)10-12/h7-8,10,14,16,18H,3-6,9,11H2,1-2H3. The number of hydrogen-bond donors (Lipinski definition) is 1. The first-order chi connectivity index (χ1) is 9.74. The molecule has 0 aliphatic carbocycles. The highest BCUT2D eigenvalue weighted by Crippen LogP contribution is 2.27. The van der Waals surface area contributed by atoms with Gasteiger partial charge < -0.3 is 14.8 Å². The minimum atomic E-state index is 0.338. The predicted octanol–water partition coefficient (Wildman–Crippen LogP) is 3.55. The van der Waals surface area contributed by atoms with Gasteiger partial charge in [0.15, 0.2) is 0 Å². The van der Waals surface area contributed by atoms with Crippen LogP contribution in [0.15, 0.2) is 22.7 Å². The summed E-state index contributed by atoms with van der Waals surface area (Å²) in [5.41, 5.74) is 1.30. The van der Waals surface area contributed by atoms with E-state index in [0.717, 1.165) is 36.2 Å². The van der Waals surface area contributed by atoms with Crippen LogP contribution in [0.1, 0.15) is 31.7 Å². The van der Waals surface area contributed by atoms with Crippen molar-refractivity contribution < 1.29 is 9.47 Å². The number of hydrogen-bond acceptors (Lipinski definition) is 3. The number of halogens is 1. The van der Waals surface area contributed by atoms with Gasteiger partial charge in [-0.15, -0.1) is 0 Å². The lowest BCUT2D eigenvalue weighted by Gasteiger charge is -2.31. The van der Waals surface area contributed by atoms with Crippen molar-refractivity contribution in [3.05, 3.63) is 28.2 Å². The summed E-state index contributed by atoms with van der Waals surface area (Å²) in [5, 5.41) is 3.58. The second-order valence-corrected chi connectivity index (χ2v) is 6.10. The number of nitrogens with one attached hydrogen (secondary N) is 1. The van der Waals surface area contributed by atoms with Crippen LogP contribution < -0.4 is 10.1 Å². The molecule has 1 aliphatic rings. The van der Waals surface area contributed by atoms with E-state index in [1.807, 2.05) is 6.07 Å². The molecule has 1 aromatic carbocycles. The average molecular weight is 342 g/mol. The Morgan fingerprint density at radius 1 is 1.45 bits per heavy atom. The highest BCUT2D eigenvalue weighted by atomic mass is 79.9. The molecule has 0 spiro atoms. The van der Waals surface area contributed by atoms with Gasteiger partial charge >= 0.3 is 0 Å². The highest BCUT2D eigenvalue weighted by molar-refractivity contribution is 9.10. The fourth-order valence-electron chi connectivity index (χ4n) is 2.77. The minimum Gasteiger partial charge on any atom is -0.496 e. The normalized spacial score (nSPS) is 20.6. The van der Waals surface area contributed by atoms with Crippen LogP contribution in [0.5, 0.6) is 5.75 Å². The number of likely N-dealkylation sites (N-methyl/N-ethyl adjacent to an activating group) is 1. The Hall–Kier alpha value is -0.580. The van der Waals surface area contributed by atoms with Gasteiger partial charge in [0, 0.05) is 12.6 Å². The first-order valence-electron chi connectivity index (χ1n) is 7.42. The van der Waals surface area contributed by atoms with Crippen LogP contribution in [-0.2, 0) is 11.2 Å². The zero-order valence-electron chi connectivity index (χ0n) is 12.3. The molecule has 2 unspecified atom stereocenters. The van der Waals surface area contributed by atoms with Gasteiger partial charge in [-0.25, -0.2) is 0 Å². The number of methoxy groups -OCH3 is 1. The number of ether oxygens (including phenoxy) is 2. The van der Waals surface area contributed by atoms with Gasteiger partial charge in [0.1, 0.15) is 5.75 Å². The van der Waals surface area contributed by atoms with Crippen molar-refractivity contribution in [2.24, 2.45) is 0 Å². The fraction of sp³-hybridized carbons (Fsp3) is 0.625. The lowest BCUT2D eigenvalue weighted by Crippen LogP contribution is -2.44. The van der Waals surface area contributed by atoms with E-state index in [1.54, 1.807) is 7.11 Å². The second kappa shape index (κ2) is 8.01. The third-order valence-electron chi connectivity index (χ3n) is 3.80. The van der Waals surface area contributed by atoms with Crippen LogP contribution in [0.25, 0.3) is 0 Å². The molecule has 0 saturated carbocycles. The van der Waals surface area contributed by atoms with E-state index >= 15 is 0 Å². The molecule has 1 aliphatic heterocycles. The lowest BCUT2D eigenvalue weighted by atomic mass is 9.96. The Morgan fingerprint density at radius 2 is 2.30 bits per heavy atom. The molecule has 4 heteroatoms. The van der Waals surface area contributed by atoms with Gasteiger partial charge in [-0.05, 0) is 65.9 Å². The van der Waals surface area contributed by atoms with E-state index in [9.17, 15) is 0 Å². The molecule has 0 radical (unpaired) electrons. The van der Waals surface area contributed by atoms with E-state index in [1.165, 1.54) is 18.4 Å². The van der Waals surface area contributed by atoms with Gasteiger partial charge in [0.05, 0.1) is 17.7 Å². The lowest BCUT2D eigenvalue weighted by molar-refractivity contribution is -0.00709. The molecule has 1 N–H and O–H groups in total. The molecule has 1 heterocycles. The first kappa shape index (κ1) is 15.8. The van der Waals surface area contributed by atoms with Crippen molar-refractivity contribution in [3.8, 4) is 5.75 Å². The monoisotopic (exact) mass is 341 g/mol. The van der Waals surface area contributed by atoms with Crippen molar-refractivity contribution in [2.75, 3.05) is 20.3 Å². The molecule has 1 saturated heterocycles. The quantitative estimate of drug-likeness (QED) is 0.858. The summed E-state index contributed by atoms with van der Waals surface area (Å²) >= 11 is 3.56. The summed E-state index contributed by atoms with van der Waals surface area (Å²) in [7, 11) is 1.69. The molecule has 0 amide bonds. The molecule has 3 nitrogen and oxygen atoms in total. The van der Waals surface area contributed by atoms with Gasteiger partial charge in [-0.3, -0.25) is 0 Å². The van der Waals surface area contributed by atoms with Crippen molar-refractivity contribution in [1.29, 1.82) is 0 Å². The van der Waals surface area contributed by atoms with Crippen LogP contribution in [-0.4, -0.2) is 32.4 Å². The minimum absolute atomic E-state index is 0.338. The molecular weight excluding hydrogens is 318 g/mol. The Morgan fingerprint density at radius 3 is 2.90 bits per heavy atom. The molecule has 2 atom stereocenters. The molecule has 1 fully saturated rings. The third-order valence-corrected chi connectivity index (χ3v) is 4.42. The maximum Gasteiger partial charge on any atom is 0.133 e. The topological polar surface area (TPSA) is 30.5 Å². The number of benzene rings is 1. The SMILES string of the molecule is CCNC(Cc1ccc(OC)c(Br)c1)C1CCCCO1. The molecule has 0 aromatic heterocycles. The van der Waals surface area contributed by atoms with Crippen molar-refractivity contribution in [3.63, 3.8) is 0 Å². The maximum atomic E-state index is 5.94. The Bertz CT molecular complexity index is 419. The highest BCUT2D eigenvalue weighted by Gasteiger charge is 2.24. The van der Waals surface area contributed by atoms with Crippen LogP contribution in [0.2, 0.25) is 0 Å². The summed E-state index contributed by atoms with van der Waals surface area (Å²) < 4.78 is 12.2. The number of rotatable bonds is 6. The van der Waals surface area contributed by atoms with E-state index in [4.69, 9.17) is 9.47 Å². The summed E-state index contributed by atoms with van der Waals surface area (Å²) in [4.78, 5) is 0. The summed E-state index contributed by atoms with van der Waals surface area (Å²) in [6.45, 7) is 4.03. The summed E-state index contributed by atoms with van der Waals surface area (Å²) in [6, 6.07) is 6.69. The predicted molar refractivity (Wildman–Crippen MR) is 85.5 cm³/mol. The van der Waals surface area contributed by atoms with Crippen LogP contribution in [0, 0.1) is 0 Å². The van der Waals surface area contributed by atoms with Gasteiger partial charge in [-0.2, -0.15) is 0 Å². The Balaban J connectivity index is 2.04. The largest absolute Gasteiger partial charge is 0.496 e. The van der Waals surface area contributed by atoms with Crippen LogP contribution in [0.4, 0.5) is 0 Å². The van der Waals surface area contributed by atoms with Crippen molar-refractivity contribution in [1.82, 2.24) is 5.32 Å². The van der Waals surface area contributed by atoms with E-state index in [-0.39, 0.29) is 0 Å². The van der Waals surface area contributed by atoms with Gasteiger partial charge in [0.2, 0.25) is 0 Å². The molecule has 0 bridgehead atoms. The molecule has 112 valence electrons. The second-order valence-electron chi connectivity index (χ2n) is 5.24. The van der Waals surface area contributed by atoms with Gasteiger partial charge in [0.25, 0.3) is 0 Å². The summed E-state index contributed by atoms with van der Waals surface area (Å²) in [5.74, 6) is 0.877. The van der Waals surface area contributed by atoms with E-state index in [2.05, 4.69) is 40.3 Å². The molecule has 2 rings (SSSR count). The summed E-state index contributed by atoms with van der Waals surface area (Å²) in [6.07, 6.45) is 4.96. The smallest absolute Gasteiger partial charge is 0.133 e. The van der Waals surface area contributed by atoms with Crippen LogP contribution >= 0.6 is 15.9 Å². The van der Waals surface area contributed by atoms with Crippen LogP contribution in [0.3, 0.4) is 0 Å². The van der Waals surface area contributed by atoms with E-state index < -0.39 is 0 Å². The maximum absolute atomic E-state index is 5.94. The molecular formula is C16H24BrNO2. The average Bonchev–Trinajstić information content (AvgIpc) is 2.48. The molecule has 1 aromatic rings.